The maximum atomic E-state index is 11.9. The molecular formula is C12H13NO5S. The maximum absolute atomic E-state index is 11.9. The number of pyridine rings is 1. The molecule has 1 fully saturated rings. The number of hydrogen-bond acceptors (Lipinski definition) is 5. The molecule has 0 aromatic carbocycles. The molecule has 1 aliphatic carbocycles. The van der Waals surface area contributed by atoms with Gasteiger partial charge in [0, 0.05) is 24.4 Å². The van der Waals surface area contributed by atoms with Gasteiger partial charge in [0.2, 0.25) is 0 Å². The number of nitrogens with zero attached hydrogens (tertiary/aromatic N) is 1. The van der Waals surface area contributed by atoms with Crippen molar-refractivity contribution in [1.29, 1.82) is 0 Å². The standard InChI is InChI=1S/C12H13NO5S/c1-19(17,18)10-3-2-8(7-13-10)9(14)6-12(4-5-12)11(15)16/h2-3,7H,4-6H2,1H3,(H,15,16). The Hall–Kier alpha value is -1.76. The topological polar surface area (TPSA) is 101 Å². The number of hydrogen-bond donors (Lipinski definition) is 1. The van der Waals surface area contributed by atoms with Gasteiger partial charge in [0.05, 0.1) is 5.41 Å². The lowest BCUT2D eigenvalue weighted by atomic mass is 9.96. The third-order valence-electron chi connectivity index (χ3n) is 3.24. The first-order valence-electron chi connectivity index (χ1n) is 5.67. The van der Waals surface area contributed by atoms with Crippen molar-refractivity contribution in [2.45, 2.75) is 24.3 Å². The Morgan fingerprint density at radius 1 is 1.37 bits per heavy atom. The summed E-state index contributed by atoms with van der Waals surface area (Å²) in [5.74, 6) is -1.28. The monoisotopic (exact) mass is 283 g/mol. The number of aromatic nitrogens is 1. The molecule has 7 heteroatoms. The predicted molar refractivity (Wildman–Crippen MR) is 65.6 cm³/mol. The van der Waals surface area contributed by atoms with E-state index in [0.717, 1.165) is 6.26 Å². The van der Waals surface area contributed by atoms with Gasteiger partial charge in [-0.1, -0.05) is 0 Å². The summed E-state index contributed by atoms with van der Waals surface area (Å²) in [6.07, 6.45) is 3.14. The smallest absolute Gasteiger partial charge is 0.310 e. The third kappa shape index (κ3) is 2.81. The average molecular weight is 283 g/mol. The Labute approximate surface area is 110 Å². The molecule has 0 spiro atoms. The first-order chi connectivity index (χ1) is 8.74. The molecule has 1 N–H and O–H groups in total. The summed E-state index contributed by atoms with van der Waals surface area (Å²) in [6.45, 7) is 0. The molecule has 0 bridgehead atoms. The van der Waals surface area contributed by atoms with Crippen LogP contribution >= 0.6 is 0 Å². The fraction of sp³-hybridized carbons (Fsp3) is 0.417. The van der Waals surface area contributed by atoms with Crippen molar-refractivity contribution >= 4 is 21.6 Å². The van der Waals surface area contributed by atoms with Crippen molar-refractivity contribution in [2.24, 2.45) is 5.41 Å². The van der Waals surface area contributed by atoms with Crippen LogP contribution in [0.1, 0.15) is 29.6 Å². The van der Waals surface area contributed by atoms with Crippen molar-refractivity contribution in [3.05, 3.63) is 23.9 Å². The summed E-state index contributed by atoms with van der Waals surface area (Å²) >= 11 is 0. The van der Waals surface area contributed by atoms with Gasteiger partial charge in [-0.05, 0) is 25.0 Å². The van der Waals surface area contributed by atoms with Crippen LogP contribution < -0.4 is 0 Å². The molecule has 0 atom stereocenters. The van der Waals surface area contributed by atoms with E-state index in [9.17, 15) is 18.0 Å². The number of carbonyl (C=O) groups is 2. The summed E-state index contributed by atoms with van der Waals surface area (Å²) in [5, 5.41) is 8.90. The highest BCUT2D eigenvalue weighted by Gasteiger charge is 2.51. The molecule has 0 radical (unpaired) electrons. The van der Waals surface area contributed by atoms with E-state index in [1.54, 1.807) is 0 Å². The second-order valence-electron chi connectivity index (χ2n) is 4.84. The van der Waals surface area contributed by atoms with Crippen LogP contribution in [0.3, 0.4) is 0 Å². The lowest BCUT2D eigenvalue weighted by Gasteiger charge is -2.08. The van der Waals surface area contributed by atoms with Gasteiger partial charge >= 0.3 is 5.97 Å². The van der Waals surface area contributed by atoms with Crippen LogP contribution in [0.2, 0.25) is 0 Å². The summed E-state index contributed by atoms with van der Waals surface area (Å²) in [4.78, 5) is 26.6. The first kappa shape index (κ1) is 13.7. The third-order valence-corrected chi connectivity index (χ3v) is 4.25. The van der Waals surface area contributed by atoms with Gasteiger partial charge in [-0.2, -0.15) is 0 Å². The van der Waals surface area contributed by atoms with Crippen molar-refractivity contribution in [2.75, 3.05) is 6.26 Å². The summed E-state index contributed by atoms with van der Waals surface area (Å²) in [6, 6.07) is 2.62. The van der Waals surface area contributed by atoms with E-state index in [0.29, 0.717) is 12.8 Å². The van der Waals surface area contributed by atoms with Crippen LogP contribution in [-0.2, 0) is 14.6 Å². The Morgan fingerprint density at radius 3 is 2.37 bits per heavy atom. The molecule has 1 saturated carbocycles. The fourth-order valence-electron chi connectivity index (χ4n) is 1.79. The Kier molecular flexibility index (Phi) is 3.17. The van der Waals surface area contributed by atoms with E-state index in [1.807, 2.05) is 0 Å². The van der Waals surface area contributed by atoms with Crippen LogP contribution in [0, 0.1) is 5.41 Å². The van der Waals surface area contributed by atoms with Gasteiger partial charge in [-0.15, -0.1) is 0 Å². The van der Waals surface area contributed by atoms with Crippen LogP contribution in [-0.4, -0.2) is 36.5 Å². The van der Waals surface area contributed by atoms with Crippen molar-refractivity contribution in [3.8, 4) is 0 Å². The van der Waals surface area contributed by atoms with Gasteiger partial charge in [-0.25, -0.2) is 13.4 Å². The minimum Gasteiger partial charge on any atom is -0.481 e. The number of Topliss-reactive ketones (excluding diaryl/α,β-unsaturated/α-hetero) is 1. The summed E-state index contributed by atoms with van der Waals surface area (Å²) in [5.41, 5.74) is -0.688. The zero-order chi connectivity index (χ0) is 14.3. The molecule has 6 nitrogen and oxygen atoms in total. The first-order valence-corrected chi connectivity index (χ1v) is 7.56. The number of ketones is 1. The van der Waals surface area contributed by atoms with Crippen molar-refractivity contribution < 1.29 is 23.1 Å². The number of carboxylic acids is 1. The second-order valence-corrected chi connectivity index (χ2v) is 6.81. The second kappa shape index (κ2) is 4.41. The van der Waals surface area contributed by atoms with E-state index in [1.165, 1.54) is 18.3 Å². The highest BCUT2D eigenvalue weighted by atomic mass is 32.2. The quantitative estimate of drug-likeness (QED) is 0.806. The van der Waals surface area contributed by atoms with Gasteiger partial charge in [0.25, 0.3) is 0 Å². The fourth-order valence-corrected chi connectivity index (χ4v) is 2.35. The number of sulfone groups is 1. The van der Waals surface area contributed by atoms with E-state index in [4.69, 9.17) is 5.11 Å². The number of carbonyl (C=O) groups excluding carboxylic acids is 1. The summed E-state index contributed by atoms with van der Waals surface area (Å²) in [7, 11) is -3.40. The van der Waals surface area contributed by atoms with Crippen LogP contribution in [0.15, 0.2) is 23.4 Å². The lowest BCUT2D eigenvalue weighted by Crippen LogP contribution is -2.19. The lowest BCUT2D eigenvalue weighted by molar-refractivity contribution is -0.143. The molecule has 2 rings (SSSR count). The van der Waals surface area contributed by atoms with E-state index in [2.05, 4.69) is 4.98 Å². The summed E-state index contributed by atoms with van der Waals surface area (Å²) < 4.78 is 22.4. The zero-order valence-corrected chi connectivity index (χ0v) is 11.1. The minimum atomic E-state index is -3.40. The molecule has 1 heterocycles. The van der Waals surface area contributed by atoms with Gasteiger partial charge in [-0.3, -0.25) is 9.59 Å². The zero-order valence-electron chi connectivity index (χ0n) is 10.3. The van der Waals surface area contributed by atoms with Gasteiger partial charge < -0.3 is 5.11 Å². The van der Waals surface area contributed by atoms with Crippen molar-refractivity contribution in [1.82, 2.24) is 4.98 Å². The van der Waals surface area contributed by atoms with Gasteiger partial charge in [0.1, 0.15) is 0 Å². The molecule has 0 amide bonds. The molecule has 0 aliphatic heterocycles. The Morgan fingerprint density at radius 2 is 2.00 bits per heavy atom. The number of aliphatic carboxylic acids is 1. The molecule has 1 aliphatic rings. The molecule has 1 aromatic heterocycles. The highest BCUT2D eigenvalue weighted by molar-refractivity contribution is 7.90. The van der Waals surface area contributed by atoms with E-state index in [-0.39, 0.29) is 22.8 Å². The normalized spacial score (nSPS) is 16.9. The largest absolute Gasteiger partial charge is 0.481 e. The Bertz CT molecular complexity index is 629. The molecule has 1 aromatic rings. The Balaban J connectivity index is 2.15. The van der Waals surface area contributed by atoms with Crippen LogP contribution in [0.25, 0.3) is 0 Å². The van der Waals surface area contributed by atoms with Crippen molar-refractivity contribution in [3.63, 3.8) is 0 Å². The van der Waals surface area contributed by atoms with Crippen LogP contribution in [0.4, 0.5) is 0 Å². The highest BCUT2D eigenvalue weighted by Crippen LogP contribution is 2.49. The predicted octanol–water partition coefficient (Wildman–Crippen LogP) is 0.923. The molecule has 0 unspecified atom stereocenters. The molecule has 19 heavy (non-hydrogen) atoms. The SMILES string of the molecule is CS(=O)(=O)c1ccc(C(=O)CC2(C(=O)O)CC2)cn1. The van der Waals surface area contributed by atoms with Crippen LogP contribution in [0.5, 0.6) is 0 Å². The number of rotatable bonds is 5. The van der Waals surface area contributed by atoms with Gasteiger partial charge in [0.15, 0.2) is 20.6 Å². The number of carboxylic acid groups (broad SMARTS) is 1. The maximum Gasteiger partial charge on any atom is 0.310 e. The van der Waals surface area contributed by atoms with E-state index >= 15 is 0 Å². The molecule has 0 saturated heterocycles. The minimum absolute atomic E-state index is 0.0672. The average Bonchev–Trinajstić information content (AvgIpc) is 3.09. The molecule has 102 valence electrons. The van der Waals surface area contributed by atoms with E-state index < -0.39 is 21.2 Å². The molecular weight excluding hydrogens is 270 g/mol.